The third-order valence-corrected chi connectivity index (χ3v) is 1.88. The van der Waals surface area contributed by atoms with Crippen molar-refractivity contribution in [1.29, 1.82) is 0 Å². The predicted octanol–water partition coefficient (Wildman–Crippen LogP) is 1.68. The Hall–Kier alpha value is -1.31. The summed E-state index contributed by atoms with van der Waals surface area (Å²) in [6.45, 7) is 2.02. The SMILES string of the molecule is Cc1nn(C)c2c[c]ccc12. The average molecular weight is 145 g/mol. The second-order valence-electron chi connectivity index (χ2n) is 2.65. The monoisotopic (exact) mass is 145 g/mol. The van der Waals surface area contributed by atoms with Gasteiger partial charge in [-0.15, -0.1) is 0 Å². The Balaban J connectivity index is 2.95. The normalized spacial score (nSPS) is 10.7. The van der Waals surface area contributed by atoms with Gasteiger partial charge in [0.25, 0.3) is 0 Å². The number of aryl methyl sites for hydroxylation is 2. The molecule has 1 aromatic carbocycles. The van der Waals surface area contributed by atoms with E-state index in [1.807, 2.05) is 36.9 Å². The lowest BCUT2D eigenvalue weighted by atomic mass is 10.2. The number of aromatic nitrogens is 2. The lowest BCUT2D eigenvalue weighted by Gasteiger charge is -1.89. The zero-order valence-electron chi connectivity index (χ0n) is 6.63. The maximum atomic E-state index is 4.29. The van der Waals surface area contributed by atoms with Gasteiger partial charge in [-0.2, -0.15) is 5.10 Å². The molecule has 55 valence electrons. The molecule has 2 rings (SSSR count). The maximum absolute atomic E-state index is 4.29. The molecule has 0 bridgehead atoms. The van der Waals surface area contributed by atoms with Crippen LogP contribution in [0.15, 0.2) is 18.2 Å². The third kappa shape index (κ3) is 0.827. The minimum absolute atomic E-state index is 1.08. The van der Waals surface area contributed by atoms with Crippen molar-refractivity contribution < 1.29 is 0 Å². The van der Waals surface area contributed by atoms with Gasteiger partial charge >= 0.3 is 0 Å². The molecule has 2 aromatic rings. The minimum atomic E-state index is 1.08. The van der Waals surface area contributed by atoms with E-state index < -0.39 is 0 Å². The molecule has 0 spiro atoms. The van der Waals surface area contributed by atoms with Crippen LogP contribution in [0.2, 0.25) is 0 Å². The Labute approximate surface area is 65.5 Å². The predicted molar refractivity (Wildman–Crippen MR) is 44.3 cm³/mol. The summed E-state index contributed by atoms with van der Waals surface area (Å²) in [5.41, 5.74) is 2.22. The molecule has 0 amide bonds. The van der Waals surface area contributed by atoms with E-state index in [4.69, 9.17) is 0 Å². The van der Waals surface area contributed by atoms with Crippen molar-refractivity contribution in [2.45, 2.75) is 6.92 Å². The molecule has 0 aliphatic carbocycles. The van der Waals surface area contributed by atoms with E-state index in [0.717, 1.165) is 11.2 Å². The minimum Gasteiger partial charge on any atom is -0.268 e. The van der Waals surface area contributed by atoms with Crippen molar-refractivity contribution in [2.75, 3.05) is 0 Å². The van der Waals surface area contributed by atoms with Gasteiger partial charge in [0, 0.05) is 12.4 Å². The summed E-state index contributed by atoms with van der Waals surface area (Å²) < 4.78 is 1.88. The Morgan fingerprint density at radius 2 is 2.36 bits per heavy atom. The Morgan fingerprint density at radius 3 is 3.09 bits per heavy atom. The van der Waals surface area contributed by atoms with E-state index >= 15 is 0 Å². The summed E-state index contributed by atoms with van der Waals surface area (Å²) in [7, 11) is 1.95. The number of nitrogens with zero attached hydrogens (tertiary/aromatic N) is 2. The van der Waals surface area contributed by atoms with Crippen LogP contribution in [0.5, 0.6) is 0 Å². The zero-order chi connectivity index (χ0) is 7.84. The zero-order valence-corrected chi connectivity index (χ0v) is 6.63. The Kier molecular flexibility index (Phi) is 1.22. The van der Waals surface area contributed by atoms with E-state index in [1.54, 1.807) is 0 Å². The highest BCUT2D eigenvalue weighted by Crippen LogP contribution is 2.15. The standard InChI is InChI=1S/C9H9N2/c1-7-8-5-3-4-6-9(8)11(2)10-7/h3,5-6H,1-2H3. The summed E-state index contributed by atoms with van der Waals surface area (Å²) in [6, 6.07) is 8.94. The van der Waals surface area contributed by atoms with Gasteiger partial charge in [-0.3, -0.25) is 4.68 Å². The Bertz CT molecular complexity index is 351. The molecule has 2 heteroatoms. The average Bonchev–Trinajstić information content (AvgIpc) is 2.30. The highest BCUT2D eigenvalue weighted by atomic mass is 15.3. The number of hydrogen-bond donors (Lipinski definition) is 0. The molecule has 0 atom stereocenters. The first kappa shape index (κ1) is 6.40. The van der Waals surface area contributed by atoms with Crippen molar-refractivity contribution in [2.24, 2.45) is 7.05 Å². The fraction of sp³-hybridized carbons (Fsp3) is 0.222. The van der Waals surface area contributed by atoms with E-state index in [9.17, 15) is 0 Å². The van der Waals surface area contributed by atoms with Gasteiger partial charge in [0.05, 0.1) is 11.2 Å². The highest BCUT2D eigenvalue weighted by Gasteiger charge is 2.01. The molecule has 0 unspecified atom stereocenters. The summed E-state index contributed by atoms with van der Waals surface area (Å²) in [5.74, 6) is 0. The largest absolute Gasteiger partial charge is 0.268 e. The molecule has 1 aromatic heterocycles. The van der Waals surface area contributed by atoms with Crippen LogP contribution in [0.3, 0.4) is 0 Å². The van der Waals surface area contributed by atoms with Gasteiger partial charge in [0.2, 0.25) is 0 Å². The molecule has 2 nitrogen and oxygen atoms in total. The van der Waals surface area contributed by atoms with Crippen molar-refractivity contribution >= 4 is 10.9 Å². The number of benzene rings is 1. The lowest BCUT2D eigenvalue weighted by Crippen LogP contribution is -1.88. The van der Waals surface area contributed by atoms with Crippen LogP contribution in [-0.4, -0.2) is 9.78 Å². The summed E-state index contributed by atoms with van der Waals surface area (Å²) >= 11 is 0. The van der Waals surface area contributed by atoms with Gasteiger partial charge in [-0.25, -0.2) is 0 Å². The van der Waals surface area contributed by atoms with E-state index in [-0.39, 0.29) is 0 Å². The van der Waals surface area contributed by atoms with Crippen LogP contribution in [0.4, 0.5) is 0 Å². The summed E-state index contributed by atoms with van der Waals surface area (Å²) in [6.07, 6.45) is 0. The van der Waals surface area contributed by atoms with E-state index in [2.05, 4.69) is 11.2 Å². The Morgan fingerprint density at radius 1 is 1.55 bits per heavy atom. The van der Waals surface area contributed by atoms with Crippen LogP contribution in [0.1, 0.15) is 5.69 Å². The molecule has 11 heavy (non-hydrogen) atoms. The fourth-order valence-electron chi connectivity index (χ4n) is 1.33. The van der Waals surface area contributed by atoms with Crippen LogP contribution in [0.25, 0.3) is 10.9 Å². The van der Waals surface area contributed by atoms with Gasteiger partial charge in [0.15, 0.2) is 0 Å². The lowest BCUT2D eigenvalue weighted by molar-refractivity contribution is 0.783. The first-order chi connectivity index (χ1) is 5.29. The first-order valence-electron chi connectivity index (χ1n) is 3.58. The number of hydrogen-bond acceptors (Lipinski definition) is 1. The van der Waals surface area contributed by atoms with Crippen LogP contribution in [0, 0.1) is 13.0 Å². The maximum Gasteiger partial charge on any atom is 0.0688 e. The number of fused-ring (bicyclic) bond motifs is 1. The van der Waals surface area contributed by atoms with E-state index in [1.165, 1.54) is 5.39 Å². The molecule has 0 N–H and O–H groups in total. The highest BCUT2D eigenvalue weighted by molar-refractivity contribution is 5.81. The molecular weight excluding hydrogens is 136 g/mol. The van der Waals surface area contributed by atoms with Gasteiger partial charge in [-0.1, -0.05) is 12.1 Å². The van der Waals surface area contributed by atoms with Crippen molar-refractivity contribution in [3.63, 3.8) is 0 Å². The second-order valence-corrected chi connectivity index (χ2v) is 2.65. The summed E-state index contributed by atoms with van der Waals surface area (Å²) in [5, 5.41) is 5.50. The van der Waals surface area contributed by atoms with Gasteiger partial charge in [-0.05, 0) is 19.1 Å². The summed E-state index contributed by atoms with van der Waals surface area (Å²) in [4.78, 5) is 0. The van der Waals surface area contributed by atoms with E-state index in [0.29, 0.717) is 0 Å². The molecule has 0 aliphatic rings. The molecule has 1 radical (unpaired) electrons. The number of rotatable bonds is 0. The van der Waals surface area contributed by atoms with Crippen molar-refractivity contribution in [3.05, 3.63) is 30.0 Å². The molecule has 0 saturated heterocycles. The first-order valence-corrected chi connectivity index (χ1v) is 3.58. The van der Waals surface area contributed by atoms with Crippen LogP contribution in [-0.2, 0) is 7.05 Å². The van der Waals surface area contributed by atoms with Crippen molar-refractivity contribution in [1.82, 2.24) is 9.78 Å². The quantitative estimate of drug-likeness (QED) is 0.551. The molecule has 1 heterocycles. The molecule has 0 saturated carbocycles. The third-order valence-electron chi connectivity index (χ3n) is 1.88. The molecule has 0 aliphatic heterocycles. The topological polar surface area (TPSA) is 17.8 Å². The van der Waals surface area contributed by atoms with Gasteiger partial charge in [0.1, 0.15) is 0 Å². The van der Waals surface area contributed by atoms with Crippen LogP contribution < -0.4 is 0 Å². The smallest absolute Gasteiger partial charge is 0.0688 e. The second kappa shape index (κ2) is 2.09. The molecular formula is C9H9N2. The fourth-order valence-corrected chi connectivity index (χ4v) is 1.33. The van der Waals surface area contributed by atoms with Gasteiger partial charge < -0.3 is 0 Å². The molecule has 0 fully saturated rings. The van der Waals surface area contributed by atoms with Crippen LogP contribution >= 0.6 is 0 Å². The van der Waals surface area contributed by atoms with Crippen molar-refractivity contribution in [3.8, 4) is 0 Å².